The van der Waals surface area contributed by atoms with Crippen LogP contribution in [0.1, 0.15) is 25.0 Å². The zero-order valence-corrected chi connectivity index (χ0v) is 17.1. The van der Waals surface area contributed by atoms with E-state index >= 15 is 0 Å². The first-order chi connectivity index (χ1) is 14.7. The largest absolute Gasteiger partial charge is 0.416 e. The number of nitrogens with zero attached hydrogens (tertiary/aromatic N) is 3. The molecule has 2 aromatic carbocycles. The Bertz CT molecular complexity index is 1110. The van der Waals surface area contributed by atoms with Gasteiger partial charge in [0, 0.05) is 35.0 Å². The van der Waals surface area contributed by atoms with Crippen LogP contribution < -0.4 is 10.2 Å². The fourth-order valence-electron chi connectivity index (χ4n) is 3.91. The summed E-state index contributed by atoms with van der Waals surface area (Å²) in [6.07, 6.45) is -2.12. The first-order valence-electron chi connectivity index (χ1n) is 9.77. The molecule has 2 heterocycles. The lowest BCUT2D eigenvalue weighted by Crippen LogP contribution is -2.29. The number of rotatable bonds is 5. The van der Waals surface area contributed by atoms with Crippen molar-refractivity contribution in [3.05, 3.63) is 66.0 Å². The van der Waals surface area contributed by atoms with Crippen LogP contribution in [-0.2, 0) is 16.4 Å². The van der Waals surface area contributed by atoms with Crippen LogP contribution in [0.5, 0.6) is 0 Å². The van der Waals surface area contributed by atoms with E-state index in [0.29, 0.717) is 23.6 Å². The maximum Gasteiger partial charge on any atom is 0.416 e. The fraction of sp³-hybridized carbons (Fsp3) is 0.261. The van der Waals surface area contributed by atoms with Gasteiger partial charge in [0.15, 0.2) is 0 Å². The highest BCUT2D eigenvalue weighted by molar-refractivity contribution is 5.74. The summed E-state index contributed by atoms with van der Waals surface area (Å²) in [5, 5.41) is 3.22. The molecule has 0 spiro atoms. The minimum Gasteiger partial charge on any atom is -0.363 e. The van der Waals surface area contributed by atoms with Crippen molar-refractivity contribution in [3.63, 3.8) is 0 Å². The molecule has 0 aliphatic carbocycles. The van der Waals surface area contributed by atoms with Crippen LogP contribution in [0.15, 0.2) is 54.9 Å². The minimum atomic E-state index is -4.38. The van der Waals surface area contributed by atoms with E-state index in [-0.39, 0.29) is 5.41 Å². The van der Waals surface area contributed by atoms with E-state index in [0.717, 1.165) is 36.3 Å². The van der Waals surface area contributed by atoms with Crippen molar-refractivity contribution in [1.82, 2.24) is 9.97 Å². The van der Waals surface area contributed by atoms with E-state index in [1.165, 1.54) is 24.0 Å². The van der Waals surface area contributed by atoms with E-state index in [9.17, 15) is 18.0 Å². The summed E-state index contributed by atoms with van der Waals surface area (Å²) < 4.78 is 38.4. The van der Waals surface area contributed by atoms with Gasteiger partial charge in [0.05, 0.1) is 17.8 Å². The molecule has 0 unspecified atom stereocenters. The Morgan fingerprint density at radius 3 is 2.52 bits per heavy atom. The second-order valence-corrected chi connectivity index (χ2v) is 8.15. The highest BCUT2D eigenvalue weighted by Gasteiger charge is 2.35. The van der Waals surface area contributed by atoms with Crippen molar-refractivity contribution < 1.29 is 18.0 Å². The molecule has 1 aliphatic heterocycles. The topological polar surface area (TPSA) is 58.1 Å². The van der Waals surface area contributed by atoms with Gasteiger partial charge >= 0.3 is 6.18 Å². The number of hydrogen-bond donors (Lipinski definition) is 1. The van der Waals surface area contributed by atoms with Gasteiger partial charge in [-0.2, -0.15) is 13.2 Å². The predicted molar refractivity (Wildman–Crippen MR) is 113 cm³/mol. The number of carbonyl (C=O) groups is 1. The predicted octanol–water partition coefficient (Wildman–Crippen LogP) is 5.20. The summed E-state index contributed by atoms with van der Waals surface area (Å²) in [6.45, 7) is 5.37. The highest BCUT2D eigenvalue weighted by Crippen LogP contribution is 2.41. The molecule has 4 rings (SSSR count). The smallest absolute Gasteiger partial charge is 0.363 e. The van der Waals surface area contributed by atoms with Crippen molar-refractivity contribution in [2.45, 2.75) is 25.4 Å². The van der Waals surface area contributed by atoms with Gasteiger partial charge in [0.1, 0.15) is 18.4 Å². The van der Waals surface area contributed by atoms with Crippen molar-refractivity contribution in [1.29, 1.82) is 0 Å². The Morgan fingerprint density at radius 1 is 1.10 bits per heavy atom. The van der Waals surface area contributed by atoms with Crippen molar-refractivity contribution in [2.24, 2.45) is 0 Å². The van der Waals surface area contributed by atoms with Crippen LogP contribution >= 0.6 is 0 Å². The highest BCUT2D eigenvalue weighted by atomic mass is 19.4. The molecule has 3 aromatic rings. The van der Waals surface area contributed by atoms with E-state index in [2.05, 4.69) is 29.1 Å². The number of fused-ring (bicyclic) bond motifs is 1. The Hall–Kier alpha value is -3.42. The molecular weight excluding hydrogens is 405 g/mol. The van der Waals surface area contributed by atoms with Gasteiger partial charge in [-0.05, 0) is 29.8 Å². The van der Waals surface area contributed by atoms with Gasteiger partial charge in [-0.3, -0.25) is 0 Å². The standard InChI is InChI=1S/C23H21F3N4O/c1-22(2)13-30(9-10-31)20-11-17(7-8-18(20)22)29-21-12-19(27-14-28-21)15-3-5-16(6-4-15)23(24,25)26/h3-8,10-12,14H,9,13H2,1-2H3,(H,27,28,29). The summed E-state index contributed by atoms with van der Waals surface area (Å²) in [5.74, 6) is 0.518. The van der Waals surface area contributed by atoms with Crippen LogP contribution in [0, 0.1) is 0 Å². The lowest BCUT2D eigenvalue weighted by molar-refractivity contribution is -0.137. The molecular formula is C23H21F3N4O. The lowest BCUT2D eigenvalue weighted by Gasteiger charge is -2.20. The molecule has 0 amide bonds. The van der Waals surface area contributed by atoms with E-state index in [4.69, 9.17) is 0 Å². The molecule has 0 saturated carbocycles. The maximum absolute atomic E-state index is 12.8. The number of halogens is 3. The first-order valence-corrected chi connectivity index (χ1v) is 9.77. The van der Waals surface area contributed by atoms with E-state index < -0.39 is 11.7 Å². The van der Waals surface area contributed by atoms with Gasteiger partial charge in [-0.15, -0.1) is 0 Å². The van der Waals surface area contributed by atoms with Crippen LogP contribution in [0.3, 0.4) is 0 Å². The Kier molecular flexibility index (Phi) is 5.16. The molecule has 5 nitrogen and oxygen atoms in total. The quantitative estimate of drug-likeness (QED) is 0.568. The molecule has 0 atom stereocenters. The van der Waals surface area contributed by atoms with Crippen LogP contribution in [0.2, 0.25) is 0 Å². The number of alkyl halides is 3. The third-order valence-corrected chi connectivity index (χ3v) is 5.40. The number of aldehydes is 1. The number of aromatic nitrogens is 2. The third kappa shape index (κ3) is 4.23. The molecule has 1 aliphatic rings. The van der Waals surface area contributed by atoms with Gasteiger partial charge in [0.2, 0.25) is 0 Å². The summed E-state index contributed by atoms with van der Waals surface area (Å²) in [4.78, 5) is 21.5. The van der Waals surface area contributed by atoms with Crippen LogP contribution in [-0.4, -0.2) is 29.3 Å². The Labute approximate surface area is 178 Å². The van der Waals surface area contributed by atoms with Crippen molar-refractivity contribution in [2.75, 3.05) is 23.3 Å². The summed E-state index contributed by atoms with van der Waals surface area (Å²) in [7, 11) is 0. The lowest BCUT2D eigenvalue weighted by atomic mass is 9.87. The summed E-state index contributed by atoms with van der Waals surface area (Å²) in [5.41, 5.74) is 3.28. The minimum absolute atomic E-state index is 0.0540. The summed E-state index contributed by atoms with van der Waals surface area (Å²) >= 11 is 0. The van der Waals surface area contributed by atoms with Gasteiger partial charge in [0.25, 0.3) is 0 Å². The number of carbonyl (C=O) groups excluding carboxylic acids is 1. The number of nitrogens with one attached hydrogen (secondary N) is 1. The molecule has 1 aromatic heterocycles. The monoisotopic (exact) mass is 426 g/mol. The normalized spacial score (nSPS) is 14.9. The second kappa shape index (κ2) is 7.68. The van der Waals surface area contributed by atoms with Gasteiger partial charge in [-0.25, -0.2) is 9.97 Å². The van der Waals surface area contributed by atoms with Crippen molar-refractivity contribution >= 4 is 23.5 Å². The fourth-order valence-corrected chi connectivity index (χ4v) is 3.91. The van der Waals surface area contributed by atoms with Crippen LogP contribution in [0.25, 0.3) is 11.3 Å². The number of anilines is 3. The Balaban J connectivity index is 1.59. The third-order valence-electron chi connectivity index (χ3n) is 5.40. The zero-order valence-electron chi connectivity index (χ0n) is 17.1. The van der Waals surface area contributed by atoms with Crippen molar-refractivity contribution in [3.8, 4) is 11.3 Å². The zero-order chi connectivity index (χ0) is 22.2. The molecule has 31 heavy (non-hydrogen) atoms. The van der Waals surface area contributed by atoms with Crippen LogP contribution in [0.4, 0.5) is 30.4 Å². The first kappa shape index (κ1) is 20.8. The summed E-state index contributed by atoms with van der Waals surface area (Å²) in [6, 6.07) is 12.5. The van der Waals surface area contributed by atoms with Gasteiger partial charge in [-0.1, -0.05) is 32.0 Å². The molecule has 160 valence electrons. The number of hydrogen-bond acceptors (Lipinski definition) is 5. The SMILES string of the molecule is CC1(C)CN(CC=O)c2cc(Nc3cc(-c4ccc(C(F)(F)F)cc4)ncn3)ccc21. The molecule has 0 saturated heterocycles. The number of benzene rings is 2. The van der Waals surface area contributed by atoms with E-state index in [1.54, 1.807) is 6.07 Å². The molecule has 0 fully saturated rings. The maximum atomic E-state index is 12.8. The average molecular weight is 426 g/mol. The van der Waals surface area contributed by atoms with E-state index in [1.807, 2.05) is 23.1 Å². The average Bonchev–Trinajstić information content (AvgIpc) is 2.97. The second-order valence-electron chi connectivity index (χ2n) is 8.15. The molecule has 1 N–H and O–H groups in total. The Morgan fingerprint density at radius 2 is 1.84 bits per heavy atom. The van der Waals surface area contributed by atoms with Gasteiger partial charge < -0.3 is 15.0 Å². The molecule has 8 heteroatoms. The molecule has 0 radical (unpaired) electrons. The molecule has 0 bridgehead atoms.